The predicted molar refractivity (Wildman–Crippen MR) is 81.0 cm³/mol. The number of pyridine rings is 1. The molecule has 22 heavy (non-hydrogen) atoms. The number of nitrogens with zero attached hydrogens (tertiary/aromatic N) is 2. The third-order valence-corrected chi connectivity index (χ3v) is 4.14. The Morgan fingerprint density at radius 3 is 2.73 bits per heavy atom. The van der Waals surface area contributed by atoms with Crippen LogP contribution in [0.4, 0.5) is 16.0 Å². The van der Waals surface area contributed by atoms with Crippen molar-refractivity contribution in [1.82, 2.24) is 9.38 Å². The zero-order valence-electron chi connectivity index (χ0n) is 11.6. The average Bonchev–Trinajstić information content (AvgIpc) is 2.84. The minimum absolute atomic E-state index is 0.0173. The number of rotatable bonds is 3. The van der Waals surface area contributed by atoms with Crippen molar-refractivity contribution in [2.45, 2.75) is 11.8 Å². The molecule has 2 aromatic heterocycles. The molecule has 2 heterocycles. The van der Waals surface area contributed by atoms with Crippen molar-refractivity contribution < 1.29 is 12.8 Å². The Kier molecular flexibility index (Phi) is 3.34. The van der Waals surface area contributed by atoms with Crippen LogP contribution in [0, 0.1) is 12.7 Å². The number of sulfonamides is 1. The predicted octanol–water partition coefficient (Wildman–Crippen LogP) is 2.17. The van der Waals surface area contributed by atoms with E-state index in [1.54, 1.807) is 35.7 Å². The average molecular weight is 320 g/mol. The van der Waals surface area contributed by atoms with Gasteiger partial charge in [0.15, 0.2) is 0 Å². The number of aryl methyl sites for hydroxylation is 1. The van der Waals surface area contributed by atoms with E-state index in [0.717, 1.165) is 0 Å². The summed E-state index contributed by atoms with van der Waals surface area (Å²) in [6.07, 6.45) is 2.97. The lowest BCUT2D eigenvalue weighted by Crippen LogP contribution is -2.13. The Morgan fingerprint density at radius 1 is 1.27 bits per heavy atom. The van der Waals surface area contributed by atoms with Gasteiger partial charge in [0.2, 0.25) is 16.0 Å². The van der Waals surface area contributed by atoms with Crippen LogP contribution in [0.3, 0.4) is 0 Å². The first kappa shape index (κ1) is 14.5. The van der Waals surface area contributed by atoms with E-state index in [2.05, 4.69) is 10.3 Å². The molecule has 0 amide bonds. The van der Waals surface area contributed by atoms with Crippen molar-refractivity contribution in [3.05, 3.63) is 54.1 Å². The Labute approximate surface area is 126 Å². The summed E-state index contributed by atoms with van der Waals surface area (Å²) in [5.74, 6) is 0.113. The standard InChI is InChI=1S/C14H13FN4O2S/c1-9-6-10(2-5-13(9)15)18-14-17-7-11-3-4-12(8-19(11)14)22(16,20)21/h2-8H,1H3,(H,17,18)(H2,16,20,21). The number of hydrogen-bond acceptors (Lipinski definition) is 4. The molecular weight excluding hydrogens is 307 g/mol. The minimum Gasteiger partial charge on any atom is -0.325 e. The summed E-state index contributed by atoms with van der Waals surface area (Å²) < 4.78 is 37.7. The highest BCUT2D eigenvalue weighted by Crippen LogP contribution is 2.21. The maximum atomic E-state index is 13.3. The van der Waals surface area contributed by atoms with Crippen molar-refractivity contribution in [2.24, 2.45) is 5.14 Å². The van der Waals surface area contributed by atoms with Crippen LogP contribution in [0.15, 0.2) is 47.6 Å². The molecule has 0 saturated carbocycles. The fourth-order valence-corrected chi connectivity index (χ4v) is 2.59. The fourth-order valence-electron chi connectivity index (χ4n) is 2.08. The highest BCUT2D eigenvalue weighted by molar-refractivity contribution is 7.89. The number of nitrogens with one attached hydrogen (secondary N) is 1. The summed E-state index contributed by atoms with van der Waals surface area (Å²) >= 11 is 0. The van der Waals surface area contributed by atoms with Gasteiger partial charge in [0.05, 0.1) is 16.6 Å². The van der Waals surface area contributed by atoms with Gasteiger partial charge in [-0.3, -0.25) is 4.40 Å². The number of imidazole rings is 1. The molecular formula is C14H13FN4O2S. The second-order valence-corrected chi connectivity index (χ2v) is 6.44. The number of nitrogens with two attached hydrogens (primary N) is 1. The summed E-state index contributed by atoms with van der Waals surface area (Å²) in [5.41, 5.74) is 1.84. The van der Waals surface area contributed by atoms with Crippen molar-refractivity contribution in [3.63, 3.8) is 0 Å². The number of fused-ring (bicyclic) bond motifs is 1. The van der Waals surface area contributed by atoms with Gasteiger partial charge in [-0.25, -0.2) is 22.9 Å². The molecule has 0 atom stereocenters. The van der Waals surface area contributed by atoms with Crippen LogP contribution in [-0.4, -0.2) is 17.8 Å². The monoisotopic (exact) mass is 320 g/mol. The Balaban J connectivity index is 2.05. The van der Waals surface area contributed by atoms with Crippen molar-refractivity contribution in [3.8, 4) is 0 Å². The van der Waals surface area contributed by atoms with Crippen LogP contribution < -0.4 is 10.5 Å². The molecule has 6 nitrogen and oxygen atoms in total. The van der Waals surface area contributed by atoms with E-state index >= 15 is 0 Å². The number of hydrogen-bond donors (Lipinski definition) is 2. The van der Waals surface area contributed by atoms with E-state index in [-0.39, 0.29) is 10.7 Å². The molecule has 3 rings (SSSR count). The van der Waals surface area contributed by atoms with Crippen molar-refractivity contribution in [1.29, 1.82) is 0 Å². The quantitative estimate of drug-likeness (QED) is 0.774. The Hall–Kier alpha value is -2.45. The molecule has 3 aromatic rings. The first-order valence-corrected chi connectivity index (χ1v) is 7.92. The van der Waals surface area contributed by atoms with Gasteiger partial charge in [-0.15, -0.1) is 0 Å². The number of anilines is 2. The normalized spacial score (nSPS) is 11.8. The smallest absolute Gasteiger partial charge is 0.239 e. The molecule has 1 aromatic carbocycles. The molecule has 114 valence electrons. The van der Waals surface area contributed by atoms with Gasteiger partial charge in [-0.1, -0.05) is 0 Å². The molecule has 8 heteroatoms. The first-order chi connectivity index (χ1) is 10.3. The van der Waals surface area contributed by atoms with Gasteiger partial charge < -0.3 is 5.32 Å². The second-order valence-electron chi connectivity index (χ2n) is 4.88. The molecule has 0 radical (unpaired) electrons. The largest absolute Gasteiger partial charge is 0.325 e. The lowest BCUT2D eigenvalue weighted by Gasteiger charge is -2.07. The summed E-state index contributed by atoms with van der Waals surface area (Å²) in [4.78, 5) is 4.17. The number of benzene rings is 1. The lowest BCUT2D eigenvalue weighted by atomic mass is 10.2. The zero-order chi connectivity index (χ0) is 15.9. The molecule has 0 aliphatic carbocycles. The SMILES string of the molecule is Cc1cc(Nc2ncc3ccc(S(N)(=O)=O)cn23)ccc1F. The van der Waals surface area contributed by atoms with Crippen molar-refractivity contribution in [2.75, 3.05) is 5.32 Å². The number of primary sulfonamides is 1. The first-order valence-electron chi connectivity index (χ1n) is 6.38. The van der Waals surface area contributed by atoms with Crippen LogP contribution >= 0.6 is 0 Å². The van der Waals surface area contributed by atoms with Gasteiger partial charge in [0.1, 0.15) is 5.82 Å². The molecule has 0 saturated heterocycles. The van der Waals surface area contributed by atoms with E-state index in [9.17, 15) is 12.8 Å². The van der Waals surface area contributed by atoms with Gasteiger partial charge in [-0.05, 0) is 42.8 Å². The van der Waals surface area contributed by atoms with E-state index in [4.69, 9.17) is 5.14 Å². The number of halogens is 1. The molecule has 0 aliphatic heterocycles. The van der Waals surface area contributed by atoms with Crippen LogP contribution in [0.25, 0.3) is 5.52 Å². The fraction of sp³-hybridized carbons (Fsp3) is 0.0714. The van der Waals surface area contributed by atoms with Gasteiger partial charge >= 0.3 is 0 Å². The summed E-state index contributed by atoms with van der Waals surface area (Å²) in [5, 5.41) is 8.16. The molecule has 0 bridgehead atoms. The third-order valence-electron chi connectivity index (χ3n) is 3.24. The summed E-state index contributed by atoms with van der Waals surface area (Å²) in [7, 11) is -3.80. The third kappa shape index (κ3) is 2.66. The van der Waals surface area contributed by atoms with Crippen LogP contribution in [0.2, 0.25) is 0 Å². The van der Waals surface area contributed by atoms with Gasteiger partial charge in [0, 0.05) is 11.9 Å². The molecule has 0 aliphatic rings. The second kappa shape index (κ2) is 5.08. The van der Waals surface area contributed by atoms with Crippen molar-refractivity contribution >= 4 is 27.2 Å². The molecule has 0 spiro atoms. The van der Waals surface area contributed by atoms with Gasteiger partial charge in [0.25, 0.3) is 0 Å². The van der Waals surface area contributed by atoms with Crippen LogP contribution in [0.5, 0.6) is 0 Å². The maximum Gasteiger partial charge on any atom is 0.239 e. The molecule has 0 fully saturated rings. The van der Waals surface area contributed by atoms with Crippen LogP contribution in [0.1, 0.15) is 5.56 Å². The van der Waals surface area contributed by atoms with E-state index in [1.807, 2.05) is 0 Å². The Morgan fingerprint density at radius 2 is 2.05 bits per heavy atom. The Bertz CT molecular complexity index is 966. The minimum atomic E-state index is -3.80. The van der Waals surface area contributed by atoms with E-state index in [1.165, 1.54) is 18.3 Å². The van der Waals surface area contributed by atoms with E-state index < -0.39 is 10.0 Å². The number of aromatic nitrogens is 2. The van der Waals surface area contributed by atoms with E-state index in [0.29, 0.717) is 22.7 Å². The van der Waals surface area contributed by atoms with Gasteiger partial charge in [-0.2, -0.15) is 0 Å². The highest BCUT2D eigenvalue weighted by atomic mass is 32.2. The highest BCUT2D eigenvalue weighted by Gasteiger charge is 2.11. The maximum absolute atomic E-state index is 13.3. The topological polar surface area (TPSA) is 89.5 Å². The summed E-state index contributed by atoms with van der Waals surface area (Å²) in [6, 6.07) is 7.59. The summed E-state index contributed by atoms with van der Waals surface area (Å²) in [6.45, 7) is 1.66. The zero-order valence-corrected chi connectivity index (χ0v) is 12.4. The van der Waals surface area contributed by atoms with Crippen LogP contribution in [-0.2, 0) is 10.0 Å². The molecule has 3 N–H and O–H groups in total. The lowest BCUT2D eigenvalue weighted by molar-refractivity contribution is 0.597. The molecule has 0 unspecified atom stereocenters.